The first-order valence-corrected chi connectivity index (χ1v) is 9.32. The van der Waals surface area contributed by atoms with Crippen LogP contribution in [0.2, 0.25) is 5.02 Å². The van der Waals surface area contributed by atoms with Crippen LogP contribution >= 0.6 is 11.6 Å². The van der Waals surface area contributed by atoms with Crippen LogP contribution in [0.3, 0.4) is 0 Å². The van der Waals surface area contributed by atoms with Gasteiger partial charge in [-0.3, -0.25) is 4.79 Å². The molecule has 3 N–H and O–H groups in total. The number of rotatable bonds is 4. The molecule has 0 unspecified atom stereocenters. The van der Waals surface area contributed by atoms with Crippen LogP contribution < -0.4 is 10.6 Å². The molecule has 0 radical (unpaired) electrons. The lowest BCUT2D eigenvalue weighted by molar-refractivity contribution is -0.754. The molecule has 5 rings (SSSR count). The van der Waals surface area contributed by atoms with Gasteiger partial charge in [-0.1, -0.05) is 17.7 Å². The zero-order valence-electron chi connectivity index (χ0n) is 13.7. The number of carbonyl (C=O) groups is 1. The van der Waals surface area contributed by atoms with E-state index >= 15 is 0 Å². The molecule has 0 aliphatic heterocycles. The number of nitrogens with one attached hydrogen (secondary N) is 1. The summed E-state index contributed by atoms with van der Waals surface area (Å²) in [5.41, 5.74) is 1.12. The third kappa shape index (κ3) is 3.14. The number of quaternary nitrogens is 1. The van der Waals surface area contributed by atoms with Crippen molar-refractivity contribution in [2.24, 2.45) is 17.8 Å². The van der Waals surface area contributed by atoms with E-state index in [-0.39, 0.29) is 11.9 Å². The molecular weight excluding hydrogens is 308 g/mol. The molecule has 1 atom stereocenters. The summed E-state index contributed by atoms with van der Waals surface area (Å²) in [6, 6.07) is 7.33. The maximum absolute atomic E-state index is 12.6. The van der Waals surface area contributed by atoms with E-state index in [0.29, 0.717) is 10.6 Å². The van der Waals surface area contributed by atoms with E-state index in [0.717, 1.165) is 23.4 Å². The minimum absolute atomic E-state index is 0.0507. The average molecular weight is 334 g/mol. The van der Waals surface area contributed by atoms with Crippen molar-refractivity contribution in [2.45, 2.75) is 57.0 Å². The van der Waals surface area contributed by atoms with Gasteiger partial charge in [0.15, 0.2) is 6.04 Å². The van der Waals surface area contributed by atoms with E-state index in [1.807, 2.05) is 25.1 Å². The summed E-state index contributed by atoms with van der Waals surface area (Å²) in [4.78, 5) is 12.6. The third-order valence-corrected chi connectivity index (χ3v) is 6.43. The molecule has 3 nitrogen and oxygen atoms in total. The van der Waals surface area contributed by atoms with Crippen LogP contribution in [0.25, 0.3) is 0 Å². The number of anilines is 1. The zero-order valence-corrected chi connectivity index (χ0v) is 14.5. The monoisotopic (exact) mass is 333 g/mol. The van der Waals surface area contributed by atoms with Crippen LogP contribution in [0.15, 0.2) is 24.3 Å². The Balaban J connectivity index is 1.41. The molecule has 1 amide bonds. The van der Waals surface area contributed by atoms with E-state index in [2.05, 4.69) is 10.6 Å². The van der Waals surface area contributed by atoms with Gasteiger partial charge in [-0.15, -0.1) is 0 Å². The fraction of sp³-hybridized carbons (Fsp3) is 0.632. The predicted molar refractivity (Wildman–Crippen MR) is 92.4 cm³/mol. The molecule has 1 aromatic carbocycles. The van der Waals surface area contributed by atoms with E-state index in [1.54, 1.807) is 6.07 Å². The zero-order chi connectivity index (χ0) is 16.0. The number of carbonyl (C=O) groups excluding carboxylic acids is 1. The Morgan fingerprint density at radius 2 is 1.83 bits per heavy atom. The lowest BCUT2D eigenvalue weighted by Gasteiger charge is -2.55. The minimum atomic E-state index is -0.0507. The van der Waals surface area contributed by atoms with Crippen molar-refractivity contribution >= 4 is 23.2 Å². The molecule has 4 aliphatic rings. The van der Waals surface area contributed by atoms with E-state index in [9.17, 15) is 4.79 Å². The Morgan fingerprint density at radius 3 is 2.39 bits per heavy atom. The van der Waals surface area contributed by atoms with Crippen LogP contribution in [0.1, 0.15) is 45.4 Å². The third-order valence-electron chi connectivity index (χ3n) is 6.19. The van der Waals surface area contributed by atoms with Gasteiger partial charge in [0.1, 0.15) is 0 Å². The number of halogens is 1. The summed E-state index contributed by atoms with van der Waals surface area (Å²) in [6.45, 7) is 2.04. The normalized spacial score (nSPS) is 36.0. The molecule has 124 valence electrons. The summed E-state index contributed by atoms with van der Waals surface area (Å²) in [5.74, 6) is 2.84. The molecule has 0 spiro atoms. The second kappa shape index (κ2) is 5.78. The lowest BCUT2D eigenvalue weighted by atomic mass is 9.53. The van der Waals surface area contributed by atoms with Crippen molar-refractivity contribution in [3.05, 3.63) is 29.3 Å². The Kier molecular flexibility index (Phi) is 3.89. The standard InChI is InChI=1S/C19H25ClN2O/c1-12(18(23)21-17-4-2-3-16(20)8-17)22-19-9-13-5-14(10-19)7-15(6-13)11-19/h2-4,8,12-15,22H,5-7,9-11H2,1H3,(H,21,23)/p+1/t12-,13?,14?,15?,19?/m1/s1. The minimum Gasteiger partial charge on any atom is -0.331 e. The van der Waals surface area contributed by atoms with Crippen LogP contribution in [0.4, 0.5) is 5.69 Å². The van der Waals surface area contributed by atoms with Crippen molar-refractivity contribution < 1.29 is 10.1 Å². The van der Waals surface area contributed by atoms with Gasteiger partial charge >= 0.3 is 0 Å². The first kappa shape index (κ1) is 15.5. The molecule has 4 saturated carbocycles. The molecule has 4 aliphatic carbocycles. The quantitative estimate of drug-likeness (QED) is 0.873. The maximum atomic E-state index is 12.6. The first-order chi connectivity index (χ1) is 11.0. The van der Waals surface area contributed by atoms with E-state index in [4.69, 9.17) is 11.6 Å². The van der Waals surface area contributed by atoms with Gasteiger partial charge in [0, 0.05) is 30.0 Å². The molecule has 0 heterocycles. The van der Waals surface area contributed by atoms with Gasteiger partial charge < -0.3 is 10.6 Å². The van der Waals surface area contributed by atoms with Crippen LogP contribution in [0, 0.1) is 17.8 Å². The van der Waals surface area contributed by atoms with Gasteiger partial charge in [0.05, 0.1) is 5.54 Å². The topological polar surface area (TPSA) is 45.7 Å². The number of benzene rings is 1. The van der Waals surface area contributed by atoms with Crippen molar-refractivity contribution in [2.75, 3.05) is 5.32 Å². The summed E-state index contributed by atoms with van der Waals surface area (Å²) < 4.78 is 0. The molecule has 23 heavy (non-hydrogen) atoms. The van der Waals surface area contributed by atoms with Gasteiger partial charge in [-0.25, -0.2) is 0 Å². The van der Waals surface area contributed by atoms with Crippen LogP contribution in [-0.2, 0) is 4.79 Å². The van der Waals surface area contributed by atoms with Gasteiger partial charge in [0.25, 0.3) is 5.91 Å². The highest BCUT2D eigenvalue weighted by Gasteiger charge is 2.54. The van der Waals surface area contributed by atoms with Gasteiger partial charge in [-0.2, -0.15) is 0 Å². The van der Waals surface area contributed by atoms with Crippen molar-refractivity contribution in [3.63, 3.8) is 0 Å². The first-order valence-electron chi connectivity index (χ1n) is 8.94. The fourth-order valence-electron chi connectivity index (χ4n) is 5.81. The largest absolute Gasteiger partial charge is 0.331 e. The predicted octanol–water partition coefficient (Wildman–Crippen LogP) is 3.20. The van der Waals surface area contributed by atoms with Crippen molar-refractivity contribution in [3.8, 4) is 0 Å². The molecular formula is C19H26ClN2O+. The molecule has 4 fully saturated rings. The second-order valence-corrected chi connectivity index (χ2v) is 8.67. The number of amides is 1. The second-order valence-electron chi connectivity index (χ2n) is 8.23. The Morgan fingerprint density at radius 1 is 1.22 bits per heavy atom. The highest BCUT2D eigenvalue weighted by atomic mass is 35.5. The summed E-state index contributed by atoms with van der Waals surface area (Å²) in [7, 11) is 0. The molecule has 4 bridgehead atoms. The highest BCUT2D eigenvalue weighted by Crippen LogP contribution is 2.54. The molecule has 0 aromatic heterocycles. The average Bonchev–Trinajstić information content (AvgIpc) is 2.45. The smallest absolute Gasteiger partial charge is 0.282 e. The summed E-state index contributed by atoms with van der Waals surface area (Å²) in [5, 5.41) is 6.05. The summed E-state index contributed by atoms with van der Waals surface area (Å²) in [6.07, 6.45) is 8.26. The Hall–Kier alpha value is -1.06. The highest BCUT2D eigenvalue weighted by molar-refractivity contribution is 6.30. The van der Waals surface area contributed by atoms with Crippen LogP contribution in [0.5, 0.6) is 0 Å². The van der Waals surface area contributed by atoms with Crippen LogP contribution in [-0.4, -0.2) is 17.5 Å². The SMILES string of the molecule is C[C@@H]([NH2+]C12CC3CC(CC(C3)C1)C2)C(=O)Nc1cccc(Cl)c1. The molecule has 4 heteroatoms. The van der Waals surface area contributed by atoms with E-state index in [1.165, 1.54) is 38.5 Å². The number of hydrogen-bond acceptors (Lipinski definition) is 1. The number of hydrogen-bond donors (Lipinski definition) is 2. The maximum Gasteiger partial charge on any atom is 0.282 e. The molecule has 0 saturated heterocycles. The lowest BCUT2D eigenvalue weighted by Crippen LogP contribution is -3.03. The van der Waals surface area contributed by atoms with Gasteiger partial charge in [-0.05, 0) is 62.1 Å². The molecule has 1 aromatic rings. The Bertz CT molecular complexity index is 580. The Labute approximate surface area is 143 Å². The van der Waals surface area contributed by atoms with Crippen molar-refractivity contribution in [1.29, 1.82) is 0 Å². The van der Waals surface area contributed by atoms with Gasteiger partial charge in [0.2, 0.25) is 0 Å². The van der Waals surface area contributed by atoms with E-state index < -0.39 is 0 Å². The summed E-state index contributed by atoms with van der Waals surface area (Å²) >= 11 is 5.99. The number of nitrogens with two attached hydrogens (primary N) is 1. The van der Waals surface area contributed by atoms with Crippen molar-refractivity contribution in [1.82, 2.24) is 0 Å². The fourth-order valence-corrected chi connectivity index (χ4v) is 6.00.